The fourth-order valence-corrected chi connectivity index (χ4v) is 4.59. The van der Waals surface area contributed by atoms with Crippen LogP contribution in [0.15, 0.2) is 17.5 Å². The highest BCUT2D eigenvalue weighted by Crippen LogP contribution is 2.49. The summed E-state index contributed by atoms with van der Waals surface area (Å²) in [5.74, 6) is 1.62. The molecule has 1 aromatic rings. The van der Waals surface area contributed by atoms with Gasteiger partial charge in [-0.1, -0.05) is 12.5 Å². The van der Waals surface area contributed by atoms with Gasteiger partial charge in [-0.3, -0.25) is 9.59 Å². The number of carbonyl (C=O) groups excluding carboxylic acids is 2. The van der Waals surface area contributed by atoms with Crippen LogP contribution in [0.2, 0.25) is 0 Å². The van der Waals surface area contributed by atoms with Crippen molar-refractivity contribution in [3.05, 3.63) is 22.4 Å². The lowest BCUT2D eigenvalue weighted by Crippen LogP contribution is -2.30. The highest BCUT2D eigenvalue weighted by atomic mass is 32.1. The molecule has 2 aliphatic rings. The predicted molar refractivity (Wildman–Crippen MR) is 85.5 cm³/mol. The molecule has 1 aromatic heterocycles. The first-order chi connectivity index (χ1) is 10.7. The van der Waals surface area contributed by atoms with Crippen LogP contribution in [0.1, 0.15) is 37.0 Å². The second kappa shape index (κ2) is 7.27. The highest BCUT2D eigenvalue weighted by molar-refractivity contribution is 7.09. The van der Waals surface area contributed by atoms with E-state index >= 15 is 0 Å². The van der Waals surface area contributed by atoms with Crippen molar-refractivity contribution in [1.82, 2.24) is 5.32 Å². The maximum Gasteiger partial charge on any atom is 0.306 e. The minimum absolute atomic E-state index is 0.149. The second-order valence-electron chi connectivity index (χ2n) is 6.48. The summed E-state index contributed by atoms with van der Waals surface area (Å²) in [4.78, 5) is 24.7. The van der Waals surface area contributed by atoms with Gasteiger partial charge >= 0.3 is 5.97 Å². The quantitative estimate of drug-likeness (QED) is 0.786. The molecule has 120 valence electrons. The Morgan fingerprint density at radius 3 is 2.91 bits per heavy atom. The molecule has 0 aliphatic heterocycles. The van der Waals surface area contributed by atoms with E-state index in [0.29, 0.717) is 18.9 Å². The summed E-state index contributed by atoms with van der Waals surface area (Å²) in [6.45, 7) is 0.438. The maximum atomic E-state index is 11.8. The number of hydrogen-bond donors (Lipinski definition) is 1. The van der Waals surface area contributed by atoms with Crippen LogP contribution < -0.4 is 5.32 Å². The first-order valence-electron chi connectivity index (χ1n) is 8.15. The minimum atomic E-state index is -0.217. The van der Waals surface area contributed by atoms with E-state index in [2.05, 4.69) is 5.32 Å². The summed E-state index contributed by atoms with van der Waals surface area (Å²) in [5.41, 5.74) is 0. The number of rotatable bonds is 7. The normalized spacial score (nSPS) is 26.1. The molecule has 5 heteroatoms. The molecule has 3 atom stereocenters. The number of thiophene rings is 1. The van der Waals surface area contributed by atoms with E-state index in [1.54, 1.807) is 11.3 Å². The first kappa shape index (κ1) is 15.5. The number of nitrogens with one attached hydrogen (secondary N) is 1. The standard InChI is InChI=1S/C17H23NO3S/c19-16(18-6-5-15-2-1-7-22-15)11-21-17(20)10-14-9-12-3-4-13(14)8-12/h1-2,7,12-14H,3-6,8-11H2,(H,18,19)/t12-,13+,14+/m0/s1. The number of amides is 1. The van der Waals surface area contributed by atoms with Crippen LogP contribution in [-0.4, -0.2) is 25.0 Å². The third kappa shape index (κ3) is 4.09. The first-order valence-corrected chi connectivity index (χ1v) is 9.03. The molecule has 0 aromatic carbocycles. The van der Waals surface area contributed by atoms with Gasteiger partial charge in [0, 0.05) is 17.8 Å². The van der Waals surface area contributed by atoms with Gasteiger partial charge in [0.25, 0.3) is 5.91 Å². The van der Waals surface area contributed by atoms with Crippen molar-refractivity contribution in [2.45, 2.75) is 38.5 Å². The van der Waals surface area contributed by atoms with Crippen LogP contribution in [-0.2, 0) is 20.7 Å². The summed E-state index contributed by atoms with van der Waals surface area (Å²) >= 11 is 1.68. The lowest BCUT2D eigenvalue weighted by atomic mass is 9.86. The molecule has 2 aliphatic carbocycles. The van der Waals surface area contributed by atoms with Crippen molar-refractivity contribution < 1.29 is 14.3 Å². The van der Waals surface area contributed by atoms with Crippen molar-refractivity contribution >= 4 is 23.2 Å². The SMILES string of the molecule is O=C(COC(=O)C[C@H]1C[C@H]2CC[C@@H]1C2)NCCc1cccs1. The summed E-state index contributed by atoms with van der Waals surface area (Å²) in [7, 11) is 0. The van der Waals surface area contributed by atoms with Crippen molar-refractivity contribution in [3.8, 4) is 0 Å². The van der Waals surface area contributed by atoms with Crippen LogP contribution >= 0.6 is 11.3 Å². The highest BCUT2D eigenvalue weighted by Gasteiger charge is 2.40. The molecule has 2 bridgehead atoms. The number of carbonyl (C=O) groups is 2. The Kier molecular flexibility index (Phi) is 5.13. The average molecular weight is 321 g/mol. The van der Waals surface area contributed by atoms with Gasteiger partial charge in [-0.05, 0) is 54.9 Å². The monoisotopic (exact) mass is 321 g/mol. The molecular formula is C17H23NO3S. The fourth-order valence-electron chi connectivity index (χ4n) is 3.88. The van der Waals surface area contributed by atoms with Gasteiger partial charge < -0.3 is 10.1 Å². The van der Waals surface area contributed by atoms with E-state index in [0.717, 1.165) is 18.3 Å². The van der Waals surface area contributed by atoms with Crippen molar-refractivity contribution in [3.63, 3.8) is 0 Å². The number of fused-ring (bicyclic) bond motifs is 2. The van der Waals surface area contributed by atoms with Crippen LogP contribution in [0.4, 0.5) is 0 Å². The molecule has 1 N–H and O–H groups in total. The Labute approximate surface area is 135 Å². The van der Waals surface area contributed by atoms with Crippen molar-refractivity contribution in [1.29, 1.82) is 0 Å². The molecule has 0 radical (unpaired) electrons. The van der Waals surface area contributed by atoms with Gasteiger partial charge in [-0.25, -0.2) is 0 Å². The smallest absolute Gasteiger partial charge is 0.306 e. The van der Waals surface area contributed by atoms with Gasteiger partial charge in [0.1, 0.15) is 0 Å². The summed E-state index contributed by atoms with van der Waals surface area (Å²) in [5, 5.41) is 4.81. The third-order valence-corrected chi connectivity index (χ3v) is 5.89. The number of ether oxygens (including phenoxy) is 1. The van der Waals surface area contributed by atoms with Gasteiger partial charge in [0.05, 0.1) is 0 Å². The average Bonchev–Trinajstić information content (AvgIpc) is 3.22. The lowest BCUT2D eigenvalue weighted by Gasteiger charge is -2.20. The van der Waals surface area contributed by atoms with E-state index in [9.17, 15) is 9.59 Å². The zero-order chi connectivity index (χ0) is 15.4. The lowest BCUT2D eigenvalue weighted by molar-refractivity contribution is -0.149. The van der Waals surface area contributed by atoms with Gasteiger partial charge in [-0.2, -0.15) is 0 Å². The molecule has 22 heavy (non-hydrogen) atoms. The Bertz CT molecular complexity index is 514. The zero-order valence-corrected chi connectivity index (χ0v) is 13.6. The Hall–Kier alpha value is -1.36. The van der Waals surface area contributed by atoms with Gasteiger partial charge in [-0.15, -0.1) is 11.3 Å². The molecule has 2 saturated carbocycles. The van der Waals surface area contributed by atoms with E-state index in [1.807, 2.05) is 17.5 Å². The number of hydrogen-bond acceptors (Lipinski definition) is 4. The maximum absolute atomic E-state index is 11.8. The summed E-state index contributed by atoms with van der Waals surface area (Å²) in [6, 6.07) is 4.05. The summed E-state index contributed by atoms with van der Waals surface area (Å²) < 4.78 is 5.11. The van der Waals surface area contributed by atoms with E-state index in [-0.39, 0.29) is 18.5 Å². The Balaban J connectivity index is 1.28. The van der Waals surface area contributed by atoms with Crippen molar-refractivity contribution in [2.75, 3.05) is 13.2 Å². The largest absolute Gasteiger partial charge is 0.456 e. The number of esters is 1. The zero-order valence-electron chi connectivity index (χ0n) is 12.8. The predicted octanol–water partition coefficient (Wildman–Crippen LogP) is 2.78. The van der Waals surface area contributed by atoms with Crippen molar-refractivity contribution in [2.24, 2.45) is 17.8 Å². The van der Waals surface area contributed by atoms with E-state index in [1.165, 1.54) is 30.6 Å². The topological polar surface area (TPSA) is 55.4 Å². The second-order valence-corrected chi connectivity index (χ2v) is 7.51. The molecule has 3 rings (SSSR count). The fraction of sp³-hybridized carbons (Fsp3) is 0.647. The molecule has 2 fully saturated rings. The molecule has 0 spiro atoms. The van der Waals surface area contributed by atoms with Gasteiger partial charge in [0.2, 0.25) is 0 Å². The molecule has 1 heterocycles. The Morgan fingerprint density at radius 2 is 2.23 bits per heavy atom. The molecule has 4 nitrogen and oxygen atoms in total. The third-order valence-electron chi connectivity index (χ3n) is 4.95. The Morgan fingerprint density at radius 1 is 1.32 bits per heavy atom. The molecule has 1 amide bonds. The van der Waals surface area contributed by atoms with E-state index in [4.69, 9.17) is 4.74 Å². The van der Waals surface area contributed by atoms with Crippen LogP contribution in [0, 0.1) is 17.8 Å². The van der Waals surface area contributed by atoms with Crippen LogP contribution in [0.25, 0.3) is 0 Å². The minimum Gasteiger partial charge on any atom is -0.456 e. The van der Waals surface area contributed by atoms with Gasteiger partial charge in [0.15, 0.2) is 6.61 Å². The van der Waals surface area contributed by atoms with Crippen LogP contribution in [0.5, 0.6) is 0 Å². The van der Waals surface area contributed by atoms with E-state index < -0.39 is 0 Å². The van der Waals surface area contributed by atoms with Crippen LogP contribution in [0.3, 0.4) is 0 Å². The molecule has 0 saturated heterocycles. The molecule has 0 unspecified atom stereocenters. The summed E-state index contributed by atoms with van der Waals surface area (Å²) in [6.07, 6.45) is 6.38. The molecular weight excluding hydrogens is 298 g/mol.